The van der Waals surface area contributed by atoms with E-state index < -0.39 is 0 Å². The molecule has 0 radical (unpaired) electrons. The highest BCUT2D eigenvalue weighted by atomic mass is 32.2. The van der Waals surface area contributed by atoms with Crippen LogP contribution in [-0.2, 0) is 9.53 Å². The molecular weight excluding hydrogens is 398 g/mol. The van der Waals surface area contributed by atoms with Crippen molar-refractivity contribution in [3.05, 3.63) is 54.6 Å². The van der Waals surface area contributed by atoms with Crippen LogP contribution in [0.2, 0.25) is 0 Å². The number of ether oxygens (including phenoxy) is 2. The van der Waals surface area contributed by atoms with Gasteiger partial charge in [-0.25, -0.2) is 4.98 Å². The fourth-order valence-electron chi connectivity index (χ4n) is 3.39. The first-order chi connectivity index (χ1) is 14.7. The summed E-state index contributed by atoms with van der Waals surface area (Å²) in [7, 11) is 1.65. The predicted molar refractivity (Wildman–Crippen MR) is 119 cm³/mol. The van der Waals surface area contributed by atoms with Gasteiger partial charge in [-0.1, -0.05) is 54.2 Å². The lowest BCUT2D eigenvalue weighted by Gasteiger charge is -2.10. The van der Waals surface area contributed by atoms with E-state index in [1.165, 1.54) is 11.8 Å². The van der Waals surface area contributed by atoms with Gasteiger partial charge in [-0.05, 0) is 25.0 Å². The molecule has 2 N–H and O–H groups in total. The first-order valence-corrected chi connectivity index (χ1v) is 11.0. The number of nitrogens with zero attached hydrogens (tertiary/aromatic N) is 1. The summed E-state index contributed by atoms with van der Waals surface area (Å²) >= 11 is 1.43. The number of H-pyrrole nitrogens is 1. The van der Waals surface area contributed by atoms with Crippen LogP contribution < -0.4 is 10.1 Å². The fourth-order valence-corrected chi connectivity index (χ4v) is 4.23. The van der Waals surface area contributed by atoms with Crippen molar-refractivity contribution in [2.24, 2.45) is 0 Å². The average Bonchev–Trinajstić information content (AvgIpc) is 3.47. The fraction of sp³-hybridized carbons (Fsp3) is 0.304. The normalized spacial score (nSPS) is 15.8. The van der Waals surface area contributed by atoms with Crippen molar-refractivity contribution in [2.75, 3.05) is 26.0 Å². The average molecular weight is 424 g/mol. The topological polar surface area (TPSA) is 76.2 Å². The molecule has 7 heteroatoms. The van der Waals surface area contributed by atoms with Gasteiger partial charge in [0.15, 0.2) is 0 Å². The van der Waals surface area contributed by atoms with Crippen LogP contribution in [0.25, 0.3) is 22.6 Å². The van der Waals surface area contributed by atoms with Crippen molar-refractivity contribution in [1.82, 2.24) is 15.3 Å². The molecule has 2 aromatic carbocycles. The van der Waals surface area contributed by atoms with Gasteiger partial charge in [0, 0.05) is 24.3 Å². The van der Waals surface area contributed by atoms with Gasteiger partial charge in [0.05, 0.1) is 24.7 Å². The maximum atomic E-state index is 12.3. The minimum atomic E-state index is -0.0135. The van der Waals surface area contributed by atoms with E-state index >= 15 is 0 Å². The number of benzene rings is 2. The monoisotopic (exact) mass is 423 g/mol. The molecule has 1 atom stereocenters. The standard InChI is InChI=1S/C23H25N3O3S/c1-28-18-10-5-9-17(13-18)22-25-21(16-7-3-2-4-8-16)23(26-22)30-15-20(27)24-14-19-11-6-12-29-19/h2-5,7-10,13,19H,6,11-12,14-15H2,1H3,(H,24,27)(H,25,26)/t19-/m1/s1. The Kier molecular flexibility index (Phi) is 6.71. The summed E-state index contributed by atoms with van der Waals surface area (Å²) in [6.07, 6.45) is 2.22. The molecule has 0 unspecified atom stereocenters. The number of nitrogens with one attached hydrogen (secondary N) is 2. The van der Waals surface area contributed by atoms with E-state index in [-0.39, 0.29) is 12.0 Å². The van der Waals surface area contributed by atoms with Crippen LogP contribution in [-0.4, -0.2) is 48.0 Å². The highest BCUT2D eigenvalue weighted by Gasteiger charge is 2.18. The minimum Gasteiger partial charge on any atom is -0.497 e. The summed E-state index contributed by atoms with van der Waals surface area (Å²) < 4.78 is 10.9. The van der Waals surface area contributed by atoms with Crippen molar-refractivity contribution in [2.45, 2.75) is 24.0 Å². The maximum Gasteiger partial charge on any atom is 0.230 e. The largest absolute Gasteiger partial charge is 0.497 e. The number of thioether (sulfide) groups is 1. The van der Waals surface area contributed by atoms with Crippen molar-refractivity contribution in [3.8, 4) is 28.4 Å². The highest BCUT2D eigenvalue weighted by Crippen LogP contribution is 2.33. The number of rotatable bonds is 8. The zero-order chi connectivity index (χ0) is 20.8. The second-order valence-corrected chi connectivity index (χ2v) is 8.06. The van der Waals surface area contributed by atoms with Crippen molar-refractivity contribution >= 4 is 17.7 Å². The first kappa shape index (κ1) is 20.5. The molecular formula is C23H25N3O3S. The third-order valence-electron chi connectivity index (χ3n) is 4.97. The lowest BCUT2D eigenvalue weighted by molar-refractivity contribution is -0.119. The van der Waals surface area contributed by atoms with Crippen molar-refractivity contribution in [3.63, 3.8) is 0 Å². The third-order valence-corrected chi connectivity index (χ3v) is 5.94. The Balaban J connectivity index is 1.51. The molecule has 2 heterocycles. The molecule has 30 heavy (non-hydrogen) atoms. The Labute approximate surface area is 180 Å². The molecule has 1 aliphatic rings. The zero-order valence-electron chi connectivity index (χ0n) is 16.9. The molecule has 1 saturated heterocycles. The Morgan fingerprint density at radius 2 is 2.07 bits per heavy atom. The first-order valence-electron chi connectivity index (χ1n) is 10.0. The third kappa shape index (κ3) is 5.04. The molecule has 0 spiro atoms. The molecule has 0 aliphatic carbocycles. The number of aromatic amines is 1. The Hall–Kier alpha value is -2.77. The van der Waals surface area contributed by atoms with E-state index in [4.69, 9.17) is 14.5 Å². The molecule has 1 amide bonds. The predicted octanol–water partition coefficient (Wildman–Crippen LogP) is 4.14. The number of hydrogen-bond donors (Lipinski definition) is 2. The molecule has 4 rings (SSSR count). The molecule has 156 valence electrons. The van der Waals surface area contributed by atoms with E-state index in [0.717, 1.165) is 52.9 Å². The second-order valence-electron chi connectivity index (χ2n) is 7.09. The molecule has 3 aromatic rings. The van der Waals surface area contributed by atoms with Crippen molar-refractivity contribution in [1.29, 1.82) is 0 Å². The Bertz CT molecular complexity index is 984. The minimum absolute atomic E-state index is 0.0135. The van der Waals surface area contributed by atoms with Gasteiger partial charge in [-0.15, -0.1) is 0 Å². The summed E-state index contributed by atoms with van der Waals surface area (Å²) in [6, 6.07) is 17.8. The number of carbonyl (C=O) groups is 1. The van der Waals surface area contributed by atoms with E-state index in [0.29, 0.717) is 12.3 Å². The van der Waals surface area contributed by atoms with Gasteiger partial charge in [0.25, 0.3) is 0 Å². The summed E-state index contributed by atoms with van der Waals surface area (Å²) in [4.78, 5) is 20.6. The molecule has 1 fully saturated rings. The highest BCUT2D eigenvalue weighted by molar-refractivity contribution is 8.00. The van der Waals surface area contributed by atoms with Gasteiger partial charge in [-0.3, -0.25) is 4.79 Å². The summed E-state index contributed by atoms with van der Waals surface area (Å²) in [6.45, 7) is 1.36. The number of amides is 1. The Morgan fingerprint density at radius 1 is 1.23 bits per heavy atom. The Morgan fingerprint density at radius 3 is 2.83 bits per heavy atom. The van der Waals surface area contributed by atoms with E-state index in [1.54, 1.807) is 7.11 Å². The van der Waals surface area contributed by atoms with E-state index in [1.807, 2.05) is 54.6 Å². The summed E-state index contributed by atoms with van der Waals surface area (Å²) in [5.41, 5.74) is 2.87. The van der Waals surface area contributed by atoms with Crippen molar-refractivity contribution < 1.29 is 14.3 Å². The smallest absolute Gasteiger partial charge is 0.230 e. The van der Waals surface area contributed by atoms with Crippen LogP contribution >= 0.6 is 11.8 Å². The number of aromatic nitrogens is 2. The second kappa shape index (κ2) is 9.82. The number of methoxy groups -OCH3 is 1. The molecule has 0 saturated carbocycles. The number of imidazole rings is 1. The van der Waals surface area contributed by atoms with Crippen LogP contribution in [0.4, 0.5) is 0 Å². The van der Waals surface area contributed by atoms with Gasteiger partial charge in [-0.2, -0.15) is 0 Å². The van der Waals surface area contributed by atoms with Crippen LogP contribution in [0.5, 0.6) is 5.75 Å². The molecule has 1 aromatic heterocycles. The van der Waals surface area contributed by atoms with Gasteiger partial charge in [0.2, 0.25) is 5.91 Å². The van der Waals surface area contributed by atoms with Gasteiger partial charge >= 0.3 is 0 Å². The molecule has 1 aliphatic heterocycles. The van der Waals surface area contributed by atoms with Crippen LogP contribution in [0, 0.1) is 0 Å². The molecule has 0 bridgehead atoms. The summed E-state index contributed by atoms with van der Waals surface area (Å²) in [5.74, 6) is 1.80. The number of carbonyl (C=O) groups excluding carboxylic acids is 1. The van der Waals surface area contributed by atoms with Crippen LogP contribution in [0.15, 0.2) is 59.6 Å². The lowest BCUT2D eigenvalue weighted by Crippen LogP contribution is -2.32. The molecule has 6 nitrogen and oxygen atoms in total. The lowest BCUT2D eigenvalue weighted by atomic mass is 10.2. The van der Waals surface area contributed by atoms with E-state index in [2.05, 4.69) is 10.3 Å². The zero-order valence-corrected chi connectivity index (χ0v) is 17.7. The summed E-state index contributed by atoms with van der Waals surface area (Å²) in [5, 5.41) is 3.77. The maximum absolute atomic E-state index is 12.3. The van der Waals surface area contributed by atoms with Crippen LogP contribution in [0.1, 0.15) is 12.8 Å². The van der Waals surface area contributed by atoms with E-state index in [9.17, 15) is 4.79 Å². The van der Waals surface area contributed by atoms with Gasteiger partial charge in [0.1, 0.15) is 16.6 Å². The quantitative estimate of drug-likeness (QED) is 0.533. The van der Waals surface area contributed by atoms with Gasteiger partial charge < -0.3 is 19.8 Å². The van der Waals surface area contributed by atoms with Crippen LogP contribution in [0.3, 0.4) is 0 Å². The number of hydrogen-bond acceptors (Lipinski definition) is 5. The SMILES string of the molecule is COc1cccc(-c2nc(SCC(=O)NC[C@H]3CCCO3)c(-c3ccccc3)[nH]2)c1.